The molecule has 4 atom stereocenters. The fraction of sp³-hybridized carbons (Fsp3) is 0.650. The number of nitrogens with two attached hydrogens (primary N) is 3. The van der Waals surface area contributed by atoms with Crippen molar-refractivity contribution in [1.82, 2.24) is 16.0 Å². The van der Waals surface area contributed by atoms with Gasteiger partial charge in [-0.15, -0.1) is 0 Å². The molecule has 0 aliphatic carbocycles. The van der Waals surface area contributed by atoms with Gasteiger partial charge in [-0.1, -0.05) is 0 Å². The molecular formula is C20H35N7O9S. The number of carbonyl (C=O) groups is 6. The van der Waals surface area contributed by atoms with Gasteiger partial charge in [-0.3, -0.25) is 29.0 Å². The summed E-state index contributed by atoms with van der Waals surface area (Å²) in [7, 11) is 0. The van der Waals surface area contributed by atoms with Crippen LogP contribution in [0.4, 0.5) is 0 Å². The molecule has 17 heteroatoms. The van der Waals surface area contributed by atoms with Gasteiger partial charge in [0, 0.05) is 13.0 Å². The van der Waals surface area contributed by atoms with E-state index in [1.165, 1.54) is 11.8 Å². The standard InChI is InChI=1S/C20H35N7O9S/c1-37-8-6-12(25-16(32)10(21)3-2-7-24-20(22)23)18(34)26-11(4-5-14(28)29)17(33)27-13(19(35)36)9-15(30)31/h10-13H,2-9,21H2,1H3,(H,25,32)(H,26,34)(H,27,33)(H,28,29)(H,30,31)(H,35,36)(H4,22,23,24). The number of aliphatic imine (C=N–C) groups is 1. The van der Waals surface area contributed by atoms with Gasteiger partial charge in [-0.05, 0) is 37.7 Å². The smallest absolute Gasteiger partial charge is 0.326 e. The third kappa shape index (κ3) is 15.2. The lowest BCUT2D eigenvalue weighted by Gasteiger charge is -2.24. The second-order valence-electron chi connectivity index (χ2n) is 7.89. The van der Waals surface area contributed by atoms with Gasteiger partial charge in [0.2, 0.25) is 17.7 Å². The number of carbonyl (C=O) groups excluding carboxylic acids is 3. The molecule has 0 aromatic rings. The molecule has 0 spiro atoms. The van der Waals surface area contributed by atoms with E-state index in [1.807, 2.05) is 5.32 Å². The summed E-state index contributed by atoms with van der Waals surface area (Å²) < 4.78 is 0. The maximum atomic E-state index is 12.9. The lowest BCUT2D eigenvalue weighted by molar-refractivity contribution is -0.147. The van der Waals surface area contributed by atoms with Crippen molar-refractivity contribution >= 4 is 53.4 Å². The molecule has 0 aliphatic heterocycles. The molecule has 3 amide bonds. The van der Waals surface area contributed by atoms with Crippen molar-refractivity contribution in [2.75, 3.05) is 18.6 Å². The van der Waals surface area contributed by atoms with E-state index < -0.39 is 79.1 Å². The van der Waals surface area contributed by atoms with Gasteiger partial charge in [-0.25, -0.2) is 4.79 Å². The highest BCUT2D eigenvalue weighted by atomic mass is 32.2. The summed E-state index contributed by atoms with van der Waals surface area (Å²) in [5, 5.41) is 33.8. The van der Waals surface area contributed by atoms with Gasteiger partial charge >= 0.3 is 17.9 Å². The van der Waals surface area contributed by atoms with E-state index in [2.05, 4.69) is 15.6 Å². The van der Waals surface area contributed by atoms with Crippen LogP contribution in [0.2, 0.25) is 0 Å². The second-order valence-corrected chi connectivity index (χ2v) is 8.87. The molecule has 16 nitrogen and oxygen atoms in total. The molecule has 0 saturated heterocycles. The molecule has 37 heavy (non-hydrogen) atoms. The van der Waals surface area contributed by atoms with Crippen LogP contribution in [0, 0.1) is 0 Å². The molecular weight excluding hydrogens is 514 g/mol. The first-order valence-corrected chi connectivity index (χ1v) is 12.5. The topological polar surface area (TPSA) is 290 Å². The summed E-state index contributed by atoms with van der Waals surface area (Å²) >= 11 is 1.38. The summed E-state index contributed by atoms with van der Waals surface area (Å²) in [4.78, 5) is 75.1. The number of rotatable bonds is 19. The van der Waals surface area contributed by atoms with Crippen LogP contribution in [0.1, 0.15) is 38.5 Å². The van der Waals surface area contributed by atoms with Crippen LogP contribution in [0.15, 0.2) is 4.99 Å². The van der Waals surface area contributed by atoms with Gasteiger partial charge in [0.1, 0.15) is 18.1 Å². The fourth-order valence-electron chi connectivity index (χ4n) is 2.89. The summed E-state index contributed by atoms with van der Waals surface area (Å²) in [6.07, 6.45) is 0.606. The predicted octanol–water partition coefficient (Wildman–Crippen LogP) is -3.00. The molecule has 4 unspecified atom stereocenters. The summed E-state index contributed by atoms with van der Waals surface area (Å²) in [6, 6.07) is -5.45. The number of nitrogens with one attached hydrogen (secondary N) is 3. The van der Waals surface area contributed by atoms with Gasteiger partial charge in [-0.2, -0.15) is 11.8 Å². The average molecular weight is 550 g/mol. The lowest BCUT2D eigenvalue weighted by Crippen LogP contribution is -2.57. The number of amides is 3. The third-order valence-corrected chi connectivity index (χ3v) is 5.47. The number of hydrogen-bond acceptors (Lipinski definition) is 9. The second kappa shape index (κ2) is 17.8. The maximum absolute atomic E-state index is 12.9. The van der Waals surface area contributed by atoms with Gasteiger partial charge in [0.15, 0.2) is 5.96 Å². The molecule has 0 heterocycles. The van der Waals surface area contributed by atoms with E-state index in [1.54, 1.807) is 6.26 Å². The summed E-state index contributed by atoms with van der Waals surface area (Å²) in [5.41, 5.74) is 16.3. The zero-order valence-corrected chi connectivity index (χ0v) is 21.2. The van der Waals surface area contributed by atoms with E-state index >= 15 is 0 Å². The number of guanidine groups is 1. The van der Waals surface area contributed by atoms with Crippen molar-refractivity contribution in [2.45, 2.75) is 62.7 Å². The zero-order chi connectivity index (χ0) is 28.5. The number of carboxylic acids is 3. The number of hydrogen-bond donors (Lipinski definition) is 9. The Morgan fingerprint density at radius 2 is 1.35 bits per heavy atom. The molecule has 0 radical (unpaired) electrons. The van der Waals surface area contributed by atoms with E-state index in [0.29, 0.717) is 12.2 Å². The highest BCUT2D eigenvalue weighted by molar-refractivity contribution is 7.98. The molecule has 0 aliphatic rings. The Balaban J connectivity index is 5.46. The van der Waals surface area contributed by atoms with Crippen molar-refractivity contribution in [3.63, 3.8) is 0 Å². The van der Waals surface area contributed by atoms with Crippen molar-refractivity contribution in [3.8, 4) is 0 Å². The van der Waals surface area contributed by atoms with Crippen LogP contribution in [0.5, 0.6) is 0 Å². The first-order valence-electron chi connectivity index (χ1n) is 11.2. The van der Waals surface area contributed by atoms with Crippen molar-refractivity contribution in [1.29, 1.82) is 0 Å². The van der Waals surface area contributed by atoms with Crippen LogP contribution < -0.4 is 33.2 Å². The monoisotopic (exact) mass is 549 g/mol. The minimum atomic E-state index is -1.81. The summed E-state index contributed by atoms with van der Waals surface area (Å²) in [5.74, 6) is -6.64. The predicted molar refractivity (Wildman–Crippen MR) is 133 cm³/mol. The lowest BCUT2D eigenvalue weighted by atomic mass is 10.1. The van der Waals surface area contributed by atoms with Gasteiger partial charge < -0.3 is 48.5 Å². The minimum Gasteiger partial charge on any atom is -0.481 e. The largest absolute Gasteiger partial charge is 0.481 e. The molecule has 0 fully saturated rings. The molecule has 0 aromatic heterocycles. The fourth-order valence-corrected chi connectivity index (χ4v) is 3.36. The Hall–Kier alpha value is -3.60. The molecule has 0 rings (SSSR count). The Morgan fingerprint density at radius 1 is 0.811 bits per heavy atom. The zero-order valence-electron chi connectivity index (χ0n) is 20.3. The van der Waals surface area contributed by atoms with Crippen LogP contribution in [-0.2, 0) is 28.8 Å². The molecule has 0 aromatic carbocycles. The SMILES string of the molecule is CSCCC(NC(=O)C(N)CCCN=C(N)N)C(=O)NC(CCC(=O)O)C(=O)NC(CC(=O)O)C(=O)O. The molecule has 0 saturated carbocycles. The Bertz CT molecular complexity index is 852. The quantitative estimate of drug-likeness (QED) is 0.0441. The van der Waals surface area contributed by atoms with E-state index in [9.17, 15) is 28.8 Å². The highest BCUT2D eigenvalue weighted by Crippen LogP contribution is 2.06. The average Bonchev–Trinajstić information content (AvgIpc) is 2.80. The van der Waals surface area contributed by atoms with Crippen LogP contribution >= 0.6 is 11.8 Å². The van der Waals surface area contributed by atoms with Gasteiger partial charge in [0.05, 0.1) is 12.5 Å². The number of thioether (sulfide) groups is 1. The normalized spacial score (nSPS) is 13.8. The number of carboxylic acid groups (broad SMARTS) is 3. The van der Waals surface area contributed by atoms with Crippen molar-refractivity contribution in [3.05, 3.63) is 0 Å². The molecule has 0 bridgehead atoms. The van der Waals surface area contributed by atoms with Crippen LogP contribution in [0.25, 0.3) is 0 Å². The first kappa shape index (κ1) is 33.4. The summed E-state index contributed by atoms with van der Waals surface area (Å²) in [6.45, 7) is 0.249. The van der Waals surface area contributed by atoms with Crippen LogP contribution in [0.3, 0.4) is 0 Å². The Kier molecular flexibility index (Phi) is 16.0. The minimum absolute atomic E-state index is 0.106. The van der Waals surface area contributed by atoms with Crippen molar-refractivity contribution in [2.24, 2.45) is 22.2 Å². The Morgan fingerprint density at radius 3 is 1.84 bits per heavy atom. The first-order chi connectivity index (χ1) is 17.3. The van der Waals surface area contributed by atoms with E-state index in [4.69, 9.17) is 32.5 Å². The van der Waals surface area contributed by atoms with E-state index in [0.717, 1.165) is 0 Å². The van der Waals surface area contributed by atoms with Crippen LogP contribution in [-0.4, -0.2) is 99.6 Å². The number of nitrogens with zero attached hydrogens (tertiary/aromatic N) is 1. The van der Waals surface area contributed by atoms with Gasteiger partial charge in [0.25, 0.3) is 0 Å². The Labute approximate surface area is 217 Å². The molecule has 210 valence electrons. The molecule has 12 N–H and O–H groups in total. The number of aliphatic carboxylic acids is 3. The van der Waals surface area contributed by atoms with Crippen molar-refractivity contribution < 1.29 is 44.1 Å². The van der Waals surface area contributed by atoms with E-state index in [-0.39, 0.29) is 25.3 Å². The third-order valence-electron chi connectivity index (χ3n) is 4.82. The maximum Gasteiger partial charge on any atom is 0.326 e. The highest BCUT2D eigenvalue weighted by Gasteiger charge is 2.31.